The van der Waals surface area contributed by atoms with Crippen molar-refractivity contribution in [2.75, 3.05) is 13.7 Å². The Kier molecular flexibility index (Phi) is 6.15. The van der Waals surface area contributed by atoms with Gasteiger partial charge in [-0.1, -0.05) is 30.7 Å². The molecule has 0 saturated carbocycles. The number of esters is 1. The Morgan fingerprint density at radius 2 is 2.05 bits per heavy atom. The van der Waals surface area contributed by atoms with Gasteiger partial charge in [-0.15, -0.1) is 0 Å². The van der Waals surface area contributed by atoms with Gasteiger partial charge in [-0.05, 0) is 18.6 Å². The minimum absolute atomic E-state index is 0.211. The monoisotopic (exact) mass is 285 g/mol. The lowest BCUT2D eigenvalue weighted by molar-refractivity contribution is -0.145. The van der Waals surface area contributed by atoms with Crippen LogP contribution >= 0.6 is 11.6 Å². The van der Waals surface area contributed by atoms with Crippen molar-refractivity contribution in [3.8, 4) is 5.75 Å². The van der Waals surface area contributed by atoms with Crippen molar-refractivity contribution in [1.29, 1.82) is 0 Å². The van der Waals surface area contributed by atoms with Gasteiger partial charge in [0.05, 0.1) is 12.1 Å². The van der Waals surface area contributed by atoms with Gasteiger partial charge in [-0.25, -0.2) is 4.79 Å². The molecule has 104 valence electrons. The van der Waals surface area contributed by atoms with Crippen molar-refractivity contribution >= 4 is 23.5 Å². The van der Waals surface area contributed by atoms with E-state index in [1.165, 1.54) is 7.11 Å². The number of hydrogen-bond donors (Lipinski definition) is 1. The second-order valence-corrected chi connectivity index (χ2v) is 4.18. The number of benzene rings is 1. The molecule has 1 rings (SSSR count). The third kappa shape index (κ3) is 4.79. The van der Waals surface area contributed by atoms with Gasteiger partial charge in [-0.2, -0.15) is 0 Å². The fourth-order valence-electron chi connectivity index (χ4n) is 1.41. The SMILES string of the molecule is CCC(NC(=O)COc1ccccc1Cl)C(=O)OC. The summed E-state index contributed by atoms with van der Waals surface area (Å²) in [6, 6.07) is 6.18. The number of halogens is 1. The molecular formula is C13H16ClNO4. The minimum Gasteiger partial charge on any atom is -0.482 e. The molecule has 0 aliphatic rings. The summed E-state index contributed by atoms with van der Waals surface area (Å²) in [5.74, 6) is -0.462. The van der Waals surface area contributed by atoms with Crippen LogP contribution in [0.4, 0.5) is 0 Å². The molecule has 1 N–H and O–H groups in total. The number of hydrogen-bond acceptors (Lipinski definition) is 4. The summed E-state index contributed by atoms with van der Waals surface area (Å²) < 4.78 is 9.83. The second-order valence-electron chi connectivity index (χ2n) is 3.77. The molecule has 1 unspecified atom stereocenters. The summed E-state index contributed by atoms with van der Waals surface area (Å²) >= 11 is 5.88. The molecule has 1 aromatic carbocycles. The first kappa shape index (κ1) is 15.3. The van der Waals surface area contributed by atoms with Crippen molar-refractivity contribution in [2.24, 2.45) is 0 Å². The molecule has 0 saturated heterocycles. The molecule has 6 heteroatoms. The van der Waals surface area contributed by atoms with E-state index < -0.39 is 17.9 Å². The number of nitrogens with one attached hydrogen (secondary N) is 1. The van der Waals surface area contributed by atoms with E-state index in [0.717, 1.165) is 0 Å². The average Bonchev–Trinajstić information content (AvgIpc) is 2.43. The Hall–Kier alpha value is -1.75. The van der Waals surface area contributed by atoms with Crippen LogP contribution in [0.25, 0.3) is 0 Å². The Balaban J connectivity index is 2.48. The number of amides is 1. The maximum absolute atomic E-state index is 11.6. The van der Waals surface area contributed by atoms with E-state index in [1.807, 2.05) is 0 Å². The predicted octanol–water partition coefficient (Wildman–Crippen LogP) is 1.79. The molecule has 0 heterocycles. The molecule has 1 atom stereocenters. The third-order valence-electron chi connectivity index (χ3n) is 2.42. The lowest BCUT2D eigenvalue weighted by Crippen LogP contribution is -2.43. The van der Waals surface area contributed by atoms with Crippen LogP contribution in [-0.4, -0.2) is 31.6 Å². The molecule has 0 radical (unpaired) electrons. The summed E-state index contributed by atoms with van der Waals surface area (Å²) in [5, 5.41) is 2.95. The van der Waals surface area contributed by atoms with E-state index in [0.29, 0.717) is 17.2 Å². The van der Waals surface area contributed by atoms with Crippen LogP contribution in [0.5, 0.6) is 5.75 Å². The van der Waals surface area contributed by atoms with Gasteiger partial charge < -0.3 is 14.8 Å². The Labute approximate surface area is 116 Å². The highest BCUT2D eigenvalue weighted by molar-refractivity contribution is 6.32. The molecule has 19 heavy (non-hydrogen) atoms. The molecular weight excluding hydrogens is 270 g/mol. The van der Waals surface area contributed by atoms with Gasteiger partial charge in [0, 0.05) is 0 Å². The summed E-state index contributed by atoms with van der Waals surface area (Å²) in [5.41, 5.74) is 0. The molecule has 0 aliphatic carbocycles. The van der Waals surface area contributed by atoms with Crippen molar-refractivity contribution in [2.45, 2.75) is 19.4 Å². The third-order valence-corrected chi connectivity index (χ3v) is 2.74. The van der Waals surface area contributed by atoms with Gasteiger partial charge >= 0.3 is 5.97 Å². The van der Waals surface area contributed by atoms with Crippen LogP contribution in [0.2, 0.25) is 5.02 Å². The van der Waals surface area contributed by atoms with E-state index in [1.54, 1.807) is 31.2 Å². The highest BCUT2D eigenvalue weighted by atomic mass is 35.5. The fraction of sp³-hybridized carbons (Fsp3) is 0.385. The Morgan fingerprint density at radius 3 is 2.63 bits per heavy atom. The van der Waals surface area contributed by atoms with Gasteiger partial charge in [-0.3, -0.25) is 4.79 Å². The summed E-state index contributed by atoms with van der Waals surface area (Å²) in [7, 11) is 1.28. The minimum atomic E-state index is -0.660. The topological polar surface area (TPSA) is 64.6 Å². The summed E-state index contributed by atoms with van der Waals surface area (Å²) in [6.45, 7) is 1.56. The average molecular weight is 286 g/mol. The van der Waals surface area contributed by atoms with Crippen LogP contribution in [0.3, 0.4) is 0 Å². The van der Waals surface area contributed by atoms with Gasteiger partial charge in [0.1, 0.15) is 11.8 Å². The van der Waals surface area contributed by atoms with E-state index >= 15 is 0 Å². The van der Waals surface area contributed by atoms with Gasteiger partial charge in [0.15, 0.2) is 6.61 Å². The first-order valence-electron chi connectivity index (χ1n) is 5.83. The summed E-state index contributed by atoms with van der Waals surface area (Å²) in [6.07, 6.45) is 0.449. The molecule has 1 amide bonds. The number of para-hydroxylation sites is 1. The van der Waals surface area contributed by atoms with E-state index in [4.69, 9.17) is 16.3 Å². The highest BCUT2D eigenvalue weighted by Gasteiger charge is 2.19. The first-order valence-corrected chi connectivity index (χ1v) is 6.20. The van der Waals surface area contributed by atoms with Gasteiger partial charge in [0.2, 0.25) is 0 Å². The molecule has 5 nitrogen and oxygen atoms in total. The van der Waals surface area contributed by atoms with Crippen LogP contribution < -0.4 is 10.1 Å². The molecule has 0 spiro atoms. The highest BCUT2D eigenvalue weighted by Crippen LogP contribution is 2.22. The van der Waals surface area contributed by atoms with E-state index in [-0.39, 0.29) is 6.61 Å². The van der Waals surface area contributed by atoms with E-state index in [9.17, 15) is 9.59 Å². The lowest BCUT2D eigenvalue weighted by atomic mass is 10.2. The molecule has 0 bridgehead atoms. The molecule has 0 aromatic heterocycles. The van der Waals surface area contributed by atoms with Crippen LogP contribution in [0, 0.1) is 0 Å². The van der Waals surface area contributed by atoms with Crippen LogP contribution in [0.1, 0.15) is 13.3 Å². The molecule has 1 aromatic rings. The maximum atomic E-state index is 11.6. The zero-order valence-corrected chi connectivity index (χ0v) is 11.6. The van der Waals surface area contributed by atoms with Crippen molar-refractivity contribution in [3.05, 3.63) is 29.3 Å². The van der Waals surface area contributed by atoms with Crippen LogP contribution in [-0.2, 0) is 14.3 Å². The van der Waals surface area contributed by atoms with Crippen LogP contribution in [0.15, 0.2) is 24.3 Å². The number of rotatable bonds is 6. The van der Waals surface area contributed by atoms with E-state index in [2.05, 4.69) is 10.1 Å². The predicted molar refractivity (Wildman–Crippen MR) is 71.2 cm³/mol. The van der Waals surface area contributed by atoms with Crippen molar-refractivity contribution in [3.63, 3.8) is 0 Å². The zero-order valence-electron chi connectivity index (χ0n) is 10.8. The standard InChI is InChI=1S/C13H16ClNO4/c1-3-10(13(17)18-2)15-12(16)8-19-11-7-5-4-6-9(11)14/h4-7,10H,3,8H2,1-2H3,(H,15,16). The van der Waals surface area contributed by atoms with Crippen molar-refractivity contribution < 1.29 is 19.1 Å². The molecule has 0 aliphatic heterocycles. The number of carbonyl (C=O) groups is 2. The number of methoxy groups -OCH3 is 1. The van der Waals surface area contributed by atoms with Gasteiger partial charge in [0.25, 0.3) is 5.91 Å². The second kappa shape index (κ2) is 7.63. The number of ether oxygens (including phenoxy) is 2. The lowest BCUT2D eigenvalue weighted by Gasteiger charge is -2.14. The maximum Gasteiger partial charge on any atom is 0.328 e. The zero-order chi connectivity index (χ0) is 14.3. The fourth-order valence-corrected chi connectivity index (χ4v) is 1.60. The Morgan fingerprint density at radius 1 is 1.37 bits per heavy atom. The molecule has 0 fully saturated rings. The smallest absolute Gasteiger partial charge is 0.328 e. The Bertz CT molecular complexity index is 450. The first-order chi connectivity index (χ1) is 9.08. The largest absolute Gasteiger partial charge is 0.482 e. The normalized spacial score (nSPS) is 11.5. The quantitative estimate of drug-likeness (QED) is 0.809. The number of carbonyl (C=O) groups excluding carboxylic acids is 2. The summed E-state index contributed by atoms with van der Waals surface area (Å²) in [4.78, 5) is 22.9. The van der Waals surface area contributed by atoms with Crippen molar-refractivity contribution in [1.82, 2.24) is 5.32 Å².